The molecule has 0 unspecified atom stereocenters. The third-order valence-electron chi connectivity index (χ3n) is 4.77. The van der Waals surface area contributed by atoms with Gasteiger partial charge in [0.25, 0.3) is 0 Å². The van der Waals surface area contributed by atoms with Crippen LogP contribution in [0.25, 0.3) is 0 Å². The molecule has 2 nitrogen and oxygen atoms in total. The van der Waals surface area contributed by atoms with Crippen molar-refractivity contribution in [2.45, 2.75) is 38.6 Å². The second kappa shape index (κ2) is 9.33. The lowest BCUT2D eigenvalue weighted by Gasteiger charge is -2.35. The van der Waals surface area contributed by atoms with E-state index in [9.17, 15) is 5.11 Å². The van der Waals surface area contributed by atoms with Crippen LogP contribution in [-0.2, 0) is 13.1 Å². The molecular formula is C24H27NO. The summed E-state index contributed by atoms with van der Waals surface area (Å²) in [7, 11) is 0. The van der Waals surface area contributed by atoms with E-state index < -0.39 is 6.10 Å². The standard InChI is InChI=1S/C24H27NO/c1-2-23(26)24(22-16-10-5-11-17-22)25(18-20-12-6-3-7-13-20)19-21-14-8-4-9-15-21/h3-17,23-24,26H,2,18-19H2,1H3/t23-,24-/m1/s1. The summed E-state index contributed by atoms with van der Waals surface area (Å²) in [6.07, 6.45) is 0.310. The van der Waals surface area contributed by atoms with Crippen molar-refractivity contribution in [1.29, 1.82) is 0 Å². The van der Waals surface area contributed by atoms with Crippen LogP contribution < -0.4 is 0 Å². The van der Waals surface area contributed by atoms with E-state index in [2.05, 4.69) is 65.6 Å². The Morgan fingerprint density at radius 1 is 0.692 bits per heavy atom. The van der Waals surface area contributed by atoms with E-state index >= 15 is 0 Å². The topological polar surface area (TPSA) is 23.5 Å². The van der Waals surface area contributed by atoms with Gasteiger partial charge in [0.2, 0.25) is 0 Å². The summed E-state index contributed by atoms with van der Waals surface area (Å²) in [5.74, 6) is 0. The van der Waals surface area contributed by atoms with Gasteiger partial charge in [-0.3, -0.25) is 4.90 Å². The Morgan fingerprint density at radius 2 is 1.12 bits per heavy atom. The highest BCUT2D eigenvalue weighted by molar-refractivity contribution is 5.23. The molecule has 0 radical (unpaired) electrons. The number of hydrogen-bond acceptors (Lipinski definition) is 2. The molecule has 0 aliphatic rings. The molecule has 0 amide bonds. The van der Waals surface area contributed by atoms with Crippen LogP contribution in [0.3, 0.4) is 0 Å². The first-order chi connectivity index (χ1) is 12.8. The van der Waals surface area contributed by atoms with Crippen LogP contribution in [0.5, 0.6) is 0 Å². The molecule has 2 atom stereocenters. The van der Waals surface area contributed by atoms with Crippen LogP contribution in [0.1, 0.15) is 36.1 Å². The second-order valence-electron chi connectivity index (χ2n) is 6.71. The molecule has 0 bridgehead atoms. The first-order valence-electron chi connectivity index (χ1n) is 9.33. The van der Waals surface area contributed by atoms with E-state index in [1.165, 1.54) is 11.1 Å². The lowest BCUT2D eigenvalue weighted by Crippen LogP contribution is -2.35. The zero-order valence-electron chi connectivity index (χ0n) is 15.3. The monoisotopic (exact) mass is 345 g/mol. The molecule has 0 fully saturated rings. The molecule has 2 heteroatoms. The highest BCUT2D eigenvalue weighted by Crippen LogP contribution is 2.29. The third-order valence-corrected chi connectivity index (χ3v) is 4.77. The van der Waals surface area contributed by atoms with Crippen molar-refractivity contribution < 1.29 is 5.11 Å². The van der Waals surface area contributed by atoms with Crippen LogP contribution in [-0.4, -0.2) is 16.1 Å². The average molecular weight is 345 g/mol. The normalized spacial score (nSPS) is 13.5. The quantitative estimate of drug-likeness (QED) is 0.606. The molecule has 0 saturated carbocycles. The van der Waals surface area contributed by atoms with Crippen molar-refractivity contribution in [2.75, 3.05) is 0 Å². The summed E-state index contributed by atoms with van der Waals surface area (Å²) >= 11 is 0. The largest absolute Gasteiger partial charge is 0.391 e. The molecule has 26 heavy (non-hydrogen) atoms. The van der Waals surface area contributed by atoms with E-state index in [4.69, 9.17) is 0 Å². The van der Waals surface area contributed by atoms with E-state index in [1.807, 2.05) is 37.3 Å². The second-order valence-corrected chi connectivity index (χ2v) is 6.71. The lowest BCUT2D eigenvalue weighted by atomic mass is 9.96. The Morgan fingerprint density at radius 3 is 1.54 bits per heavy atom. The Labute approximate surface area is 156 Å². The SMILES string of the molecule is CC[C@@H](O)[C@@H](c1ccccc1)N(Cc1ccccc1)Cc1ccccc1. The first kappa shape index (κ1) is 18.4. The fraction of sp³-hybridized carbons (Fsp3) is 0.250. The van der Waals surface area contributed by atoms with Crippen LogP contribution in [0, 0.1) is 0 Å². The number of rotatable bonds is 8. The maximum atomic E-state index is 10.9. The summed E-state index contributed by atoms with van der Waals surface area (Å²) in [6.45, 7) is 3.64. The highest BCUT2D eigenvalue weighted by Gasteiger charge is 2.27. The molecule has 3 aromatic rings. The fourth-order valence-corrected chi connectivity index (χ4v) is 3.44. The van der Waals surface area contributed by atoms with Crippen molar-refractivity contribution in [3.8, 4) is 0 Å². The van der Waals surface area contributed by atoms with Gasteiger partial charge in [-0.05, 0) is 23.1 Å². The summed E-state index contributed by atoms with van der Waals surface area (Å²) in [5, 5.41) is 10.9. The minimum Gasteiger partial charge on any atom is -0.391 e. The Kier molecular flexibility index (Phi) is 6.59. The fourth-order valence-electron chi connectivity index (χ4n) is 3.44. The average Bonchev–Trinajstić information content (AvgIpc) is 2.70. The zero-order chi connectivity index (χ0) is 18.2. The predicted molar refractivity (Wildman–Crippen MR) is 108 cm³/mol. The Bertz CT molecular complexity index is 716. The van der Waals surface area contributed by atoms with Crippen molar-refractivity contribution in [3.63, 3.8) is 0 Å². The van der Waals surface area contributed by atoms with Gasteiger partial charge in [0.05, 0.1) is 12.1 Å². The molecule has 0 saturated heterocycles. The van der Waals surface area contributed by atoms with Crippen molar-refractivity contribution >= 4 is 0 Å². The van der Waals surface area contributed by atoms with Crippen molar-refractivity contribution in [1.82, 2.24) is 4.90 Å². The van der Waals surface area contributed by atoms with E-state index in [1.54, 1.807) is 0 Å². The zero-order valence-corrected chi connectivity index (χ0v) is 15.3. The van der Waals surface area contributed by atoms with Crippen LogP contribution in [0.15, 0.2) is 91.0 Å². The van der Waals surface area contributed by atoms with Crippen LogP contribution in [0.4, 0.5) is 0 Å². The maximum Gasteiger partial charge on any atom is 0.0734 e. The smallest absolute Gasteiger partial charge is 0.0734 e. The number of hydrogen-bond donors (Lipinski definition) is 1. The van der Waals surface area contributed by atoms with Gasteiger partial charge < -0.3 is 5.11 Å². The van der Waals surface area contributed by atoms with Gasteiger partial charge in [-0.15, -0.1) is 0 Å². The molecular weight excluding hydrogens is 318 g/mol. The van der Waals surface area contributed by atoms with Gasteiger partial charge in [0.1, 0.15) is 0 Å². The van der Waals surface area contributed by atoms with Gasteiger partial charge in [-0.1, -0.05) is 97.9 Å². The molecule has 3 aromatic carbocycles. The van der Waals surface area contributed by atoms with Crippen LogP contribution >= 0.6 is 0 Å². The summed E-state index contributed by atoms with van der Waals surface area (Å²) < 4.78 is 0. The lowest BCUT2D eigenvalue weighted by molar-refractivity contribution is 0.0360. The van der Waals surface area contributed by atoms with Crippen molar-refractivity contribution in [2.24, 2.45) is 0 Å². The highest BCUT2D eigenvalue weighted by atomic mass is 16.3. The molecule has 0 heterocycles. The molecule has 0 aromatic heterocycles. The molecule has 3 rings (SSSR count). The first-order valence-corrected chi connectivity index (χ1v) is 9.33. The summed E-state index contributed by atoms with van der Waals surface area (Å²) in [4.78, 5) is 2.38. The number of aliphatic hydroxyl groups is 1. The predicted octanol–water partition coefficient (Wildman–Crippen LogP) is 5.20. The number of aliphatic hydroxyl groups excluding tert-OH is 1. The number of nitrogens with zero attached hydrogens (tertiary/aromatic N) is 1. The number of benzene rings is 3. The van der Waals surface area contributed by atoms with Gasteiger partial charge in [0, 0.05) is 13.1 Å². The molecule has 0 aliphatic carbocycles. The molecule has 134 valence electrons. The van der Waals surface area contributed by atoms with Gasteiger partial charge in [-0.25, -0.2) is 0 Å². The third kappa shape index (κ3) is 4.81. The van der Waals surface area contributed by atoms with Gasteiger partial charge in [0.15, 0.2) is 0 Å². The van der Waals surface area contributed by atoms with Gasteiger partial charge >= 0.3 is 0 Å². The molecule has 1 N–H and O–H groups in total. The Balaban J connectivity index is 1.95. The van der Waals surface area contributed by atoms with Crippen molar-refractivity contribution in [3.05, 3.63) is 108 Å². The summed E-state index contributed by atoms with van der Waals surface area (Å²) in [5.41, 5.74) is 3.68. The minimum atomic E-state index is -0.412. The van der Waals surface area contributed by atoms with E-state index in [0.717, 1.165) is 25.1 Å². The van der Waals surface area contributed by atoms with E-state index in [-0.39, 0.29) is 6.04 Å². The van der Waals surface area contributed by atoms with E-state index in [0.29, 0.717) is 0 Å². The Hall–Kier alpha value is -2.42. The summed E-state index contributed by atoms with van der Waals surface area (Å²) in [6, 6.07) is 31.3. The van der Waals surface area contributed by atoms with Gasteiger partial charge in [-0.2, -0.15) is 0 Å². The molecule has 0 aliphatic heterocycles. The maximum absolute atomic E-state index is 10.9. The van der Waals surface area contributed by atoms with Crippen LogP contribution in [0.2, 0.25) is 0 Å². The molecule has 0 spiro atoms. The minimum absolute atomic E-state index is 0.0402.